The first-order chi connectivity index (χ1) is 11.8. The molecule has 4 rings (SSSR count). The molecular formula is C19H13N3O2. The number of nitrogens with zero attached hydrogens (tertiary/aromatic N) is 2. The third kappa shape index (κ3) is 2.63. The highest BCUT2D eigenvalue weighted by atomic mass is 16.4. The molecule has 0 spiro atoms. The van der Waals surface area contributed by atoms with E-state index in [1.165, 1.54) is 6.20 Å². The first kappa shape index (κ1) is 14.1. The molecule has 4 aromatic rings. The molecule has 1 amide bonds. The van der Waals surface area contributed by atoms with E-state index >= 15 is 0 Å². The van der Waals surface area contributed by atoms with E-state index in [-0.39, 0.29) is 11.7 Å². The number of amides is 1. The van der Waals surface area contributed by atoms with Gasteiger partial charge in [0.25, 0.3) is 5.91 Å². The van der Waals surface area contributed by atoms with Crippen LogP contribution in [0.5, 0.6) is 0 Å². The maximum absolute atomic E-state index is 12.4. The zero-order valence-corrected chi connectivity index (χ0v) is 12.6. The summed E-state index contributed by atoms with van der Waals surface area (Å²) in [5.41, 5.74) is 2.19. The van der Waals surface area contributed by atoms with Gasteiger partial charge in [-0.05, 0) is 24.3 Å². The topological polar surface area (TPSA) is 68.0 Å². The third-order valence-corrected chi connectivity index (χ3v) is 3.63. The number of fused-ring (bicyclic) bond motifs is 1. The number of hydrogen-bond donors (Lipinski definition) is 1. The molecule has 0 saturated carbocycles. The normalized spacial score (nSPS) is 10.7. The van der Waals surface area contributed by atoms with Crippen molar-refractivity contribution in [2.24, 2.45) is 0 Å². The van der Waals surface area contributed by atoms with Gasteiger partial charge in [0.2, 0.25) is 11.7 Å². The van der Waals surface area contributed by atoms with Crippen molar-refractivity contribution in [1.29, 1.82) is 0 Å². The molecule has 2 aromatic carbocycles. The first-order valence-electron chi connectivity index (χ1n) is 7.47. The highest BCUT2D eigenvalue weighted by Crippen LogP contribution is 2.23. The van der Waals surface area contributed by atoms with Crippen LogP contribution in [0.3, 0.4) is 0 Å². The van der Waals surface area contributed by atoms with Gasteiger partial charge in [0.05, 0.1) is 17.4 Å². The maximum atomic E-state index is 12.4. The van der Waals surface area contributed by atoms with E-state index in [1.54, 1.807) is 6.20 Å². The molecule has 0 aliphatic rings. The lowest BCUT2D eigenvalue weighted by Gasteiger charge is -2.06. The second-order valence-corrected chi connectivity index (χ2v) is 5.23. The molecule has 0 unspecified atom stereocenters. The number of hydrogen-bond acceptors (Lipinski definition) is 4. The van der Waals surface area contributed by atoms with Crippen LogP contribution >= 0.6 is 0 Å². The average Bonchev–Trinajstić information content (AvgIpc) is 3.13. The average molecular weight is 315 g/mol. The Bertz CT molecular complexity index is 1000. The van der Waals surface area contributed by atoms with Crippen LogP contribution in [0.25, 0.3) is 22.4 Å². The summed E-state index contributed by atoms with van der Waals surface area (Å²) in [6, 6.07) is 18.9. The summed E-state index contributed by atoms with van der Waals surface area (Å²) in [5.74, 6) is 0.210. The minimum absolute atomic E-state index is 0.154. The number of pyridine rings is 1. The number of anilines is 1. The Labute approximate surface area is 138 Å². The lowest BCUT2D eigenvalue weighted by atomic mass is 10.2. The number of aromatic nitrogens is 2. The second-order valence-electron chi connectivity index (χ2n) is 5.23. The molecule has 2 heterocycles. The van der Waals surface area contributed by atoms with Gasteiger partial charge in [-0.1, -0.05) is 36.4 Å². The molecule has 5 nitrogen and oxygen atoms in total. The Morgan fingerprint density at radius 2 is 1.75 bits per heavy atom. The van der Waals surface area contributed by atoms with Gasteiger partial charge in [-0.15, -0.1) is 0 Å². The van der Waals surface area contributed by atoms with Crippen molar-refractivity contribution in [2.45, 2.75) is 0 Å². The minimum Gasteiger partial charge on any atom is -0.431 e. The molecule has 0 fully saturated rings. The summed E-state index contributed by atoms with van der Waals surface area (Å²) < 4.78 is 5.57. The van der Waals surface area contributed by atoms with Crippen molar-refractivity contribution in [2.75, 3.05) is 5.32 Å². The van der Waals surface area contributed by atoms with Gasteiger partial charge in [-0.3, -0.25) is 9.78 Å². The number of rotatable bonds is 3. The van der Waals surface area contributed by atoms with Crippen molar-refractivity contribution < 1.29 is 9.21 Å². The predicted octanol–water partition coefficient (Wildman–Crippen LogP) is 4.14. The Kier molecular flexibility index (Phi) is 3.51. The van der Waals surface area contributed by atoms with E-state index in [4.69, 9.17) is 4.42 Å². The summed E-state index contributed by atoms with van der Waals surface area (Å²) >= 11 is 0. The Hall–Kier alpha value is -3.47. The van der Waals surface area contributed by atoms with E-state index in [1.807, 2.05) is 60.7 Å². The van der Waals surface area contributed by atoms with Crippen LogP contribution in [-0.4, -0.2) is 15.9 Å². The number of carbonyl (C=O) groups is 1. The van der Waals surface area contributed by atoms with Gasteiger partial charge < -0.3 is 9.73 Å². The summed E-state index contributed by atoms with van der Waals surface area (Å²) in [5, 5.41) is 3.79. The molecule has 0 radical (unpaired) electrons. The van der Waals surface area contributed by atoms with Crippen LogP contribution < -0.4 is 5.32 Å². The Balaban J connectivity index is 1.62. The van der Waals surface area contributed by atoms with Crippen LogP contribution in [-0.2, 0) is 0 Å². The SMILES string of the molecule is O=C(Nc1cccc2cccnc12)c1cnc(-c2ccccc2)o1. The zero-order chi connectivity index (χ0) is 16.4. The van der Waals surface area contributed by atoms with Gasteiger partial charge in [-0.2, -0.15) is 0 Å². The van der Waals surface area contributed by atoms with Crippen LogP contribution in [0.4, 0.5) is 5.69 Å². The number of nitrogens with one attached hydrogen (secondary N) is 1. The maximum Gasteiger partial charge on any atom is 0.293 e. The highest BCUT2D eigenvalue weighted by Gasteiger charge is 2.15. The van der Waals surface area contributed by atoms with E-state index in [0.29, 0.717) is 11.6 Å². The molecule has 24 heavy (non-hydrogen) atoms. The van der Waals surface area contributed by atoms with Crippen molar-refractivity contribution in [3.05, 3.63) is 78.8 Å². The monoisotopic (exact) mass is 315 g/mol. The molecule has 0 atom stereocenters. The van der Waals surface area contributed by atoms with Crippen LogP contribution in [0.1, 0.15) is 10.6 Å². The fourth-order valence-electron chi connectivity index (χ4n) is 2.48. The number of para-hydroxylation sites is 1. The number of benzene rings is 2. The van der Waals surface area contributed by atoms with Gasteiger partial charge >= 0.3 is 0 Å². The highest BCUT2D eigenvalue weighted by molar-refractivity contribution is 6.06. The molecule has 0 aliphatic carbocycles. The van der Waals surface area contributed by atoms with Crippen LogP contribution in [0, 0.1) is 0 Å². The quantitative estimate of drug-likeness (QED) is 0.617. The van der Waals surface area contributed by atoms with Gasteiger partial charge in [0, 0.05) is 17.1 Å². The lowest BCUT2D eigenvalue weighted by molar-refractivity contribution is 0.0997. The molecule has 5 heteroatoms. The Morgan fingerprint density at radius 3 is 2.62 bits per heavy atom. The van der Waals surface area contributed by atoms with E-state index in [0.717, 1.165) is 16.5 Å². The molecule has 0 bridgehead atoms. The minimum atomic E-state index is -0.358. The van der Waals surface area contributed by atoms with Crippen molar-refractivity contribution in [1.82, 2.24) is 9.97 Å². The molecule has 1 N–H and O–H groups in total. The predicted molar refractivity (Wildman–Crippen MR) is 91.6 cm³/mol. The fourth-order valence-corrected chi connectivity index (χ4v) is 2.48. The lowest BCUT2D eigenvalue weighted by Crippen LogP contribution is -2.11. The first-order valence-corrected chi connectivity index (χ1v) is 7.47. The van der Waals surface area contributed by atoms with Crippen LogP contribution in [0.2, 0.25) is 0 Å². The summed E-state index contributed by atoms with van der Waals surface area (Å²) in [7, 11) is 0. The van der Waals surface area contributed by atoms with Gasteiger partial charge in [0.15, 0.2) is 0 Å². The summed E-state index contributed by atoms with van der Waals surface area (Å²) in [6.07, 6.45) is 3.12. The molecule has 0 saturated heterocycles. The fraction of sp³-hybridized carbons (Fsp3) is 0. The van der Waals surface area contributed by atoms with E-state index in [9.17, 15) is 4.79 Å². The standard InChI is InChI=1S/C19H13N3O2/c23-18(16-12-21-19(24-16)14-6-2-1-3-7-14)22-15-10-4-8-13-9-5-11-20-17(13)15/h1-12H,(H,22,23). The summed E-state index contributed by atoms with van der Waals surface area (Å²) in [6.45, 7) is 0. The number of carbonyl (C=O) groups excluding carboxylic acids is 1. The van der Waals surface area contributed by atoms with Gasteiger partial charge in [0.1, 0.15) is 0 Å². The van der Waals surface area contributed by atoms with Crippen molar-refractivity contribution in [3.63, 3.8) is 0 Å². The molecule has 116 valence electrons. The summed E-state index contributed by atoms with van der Waals surface area (Å²) in [4.78, 5) is 20.9. The molecular weight excluding hydrogens is 302 g/mol. The number of oxazole rings is 1. The molecule has 2 aromatic heterocycles. The third-order valence-electron chi connectivity index (χ3n) is 3.63. The van der Waals surface area contributed by atoms with E-state index < -0.39 is 0 Å². The van der Waals surface area contributed by atoms with Crippen molar-refractivity contribution in [3.8, 4) is 11.5 Å². The second kappa shape index (κ2) is 5.96. The molecule has 0 aliphatic heterocycles. The zero-order valence-electron chi connectivity index (χ0n) is 12.6. The van der Waals surface area contributed by atoms with Crippen LogP contribution in [0.15, 0.2) is 77.5 Å². The van der Waals surface area contributed by atoms with Gasteiger partial charge in [-0.25, -0.2) is 4.98 Å². The smallest absolute Gasteiger partial charge is 0.293 e. The Morgan fingerprint density at radius 1 is 0.917 bits per heavy atom. The largest absolute Gasteiger partial charge is 0.431 e. The van der Waals surface area contributed by atoms with E-state index in [2.05, 4.69) is 15.3 Å². The van der Waals surface area contributed by atoms with Crippen molar-refractivity contribution >= 4 is 22.5 Å².